The number of pyridine rings is 2. The Bertz CT molecular complexity index is 1460. The van der Waals surface area contributed by atoms with Crippen LogP contribution in [0.25, 0.3) is 16.6 Å². The van der Waals surface area contributed by atoms with Crippen molar-refractivity contribution in [2.75, 3.05) is 0 Å². The summed E-state index contributed by atoms with van der Waals surface area (Å²) in [4.78, 5) is 43.2. The summed E-state index contributed by atoms with van der Waals surface area (Å²) in [5.41, 5.74) is 0.626. The van der Waals surface area contributed by atoms with Gasteiger partial charge in [0.2, 0.25) is 5.78 Å². The second-order valence-corrected chi connectivity index (χ2v) is 8.17. The lowest BCUT2D eigenvalue weighted by Crippen LogP contribution is -2.30. The van der Waals surface area contributed by atoms with Crippen LogP contribution in [-0.2, 0) is 6.54 Å². The van der Waals surface area contributed by atoms with Gasteiger partial charge in [-0.1, -0.05) is 0 Å². The van der Waals surface area contributed by atoms with Crippen LogP contribution < -0.4 is 11.1 Å². The summed E-state index contributed by atoms with van der Waals surface area (Å²) in [7, 11) is 0. The minimum absolute atomic E-state index is 0.0773. The highest BCUT2D eigenvalue weighted by Crippen LogP contribution is 2.39. The molecule has 0 unspecified atom stereocenters. The number of carbonyl (C=O) groups excluding carboxylic acids is 1. The van der Waals surface area contributed by atoms with E-state index in [4.69, 9.17) is 0 Å². The highest BCUT2D eigenvalue weighted by Gasteiger charge is 2.28. The van der Waals surface area contributed by atoms with E-state index in [9.17, 15) is 18.8 Å². The van der Waals surface area contributed by atoms with Gasteiger partial charge in [-0.15, -0.1) is 0 Å². The molecule has 1 saturated carbocycles. The van der Waals surface area contributed by atoms with Crippen molar-refractivity contribution >= 4 is 22.3 Å². The van der Waals surface area contributed by atoms with Gasteiger partial charge in [-0.3, -0.25) is 19.4 Å². The van der Waals surface area contributed by atoms with Gasteiger partial charge in [0.25, 0.3) is 11.1 Å². The molecule has 1 fully saturated rings. The minimum Gasteiger partial charge on any atom is -0.313 e. The lowest BCUT2D eigenvalue weighted by atomic mass is 10.2. The zero-order chi connectivity index (χ0) is 21.9. The number of aromatic nitrogens is 5. The number of carbonyl (C=O) groups is 1. The molecular weight excluding hydrogens is 401 g/mol. The van der Waals surface area contributed by atoms with E-state index in [-0.39, 0.29) is 40.7 Å². The molecule has 0 bridgehead atoms. The first-order chi connectivity index (χ1) is 14.8. The Morgan fingerprint density at radius 2 is 1.97 bits per heavy atom. The first-order valence-electron chi connectivity index (χ1n) is 10.2. The fraction of sp³-hybridized carbons (Fsp3) is 0.318. The van der Waals surface area contributed by atoms with Crippen LogP contribution in [0.4, 0.5) is 4.39 Å². The molecular formula is C22H20FN5O3. The van der Waals surface area contributed by atoms with Crippen molar-refractivity contribution in [1.82, 2.24) is 23.7 Å². The van der Waals surface area contributed by atoms with Gasteiger partial charge in [-0.25, -0.2) is 4.39 Å². The molecule has 0 amide bonds. The van der Waals surface area contributed by atoms with Crippen LogP contribution >= 0.6 is 0 Å². The van der Waals surface area contributed by atoms with Gasteiger partial charge in [-0.2, -0.15) is 9.61 Å². The van der Waals surface area contributed by atoms with Gasteiger partial charge >= 0.3 is 0 Å². The maximum Gasteiger partial charge on any atom is 0.282 e. The number of nitrogens with zero attached hydrogens (tertiary/aromatic N) is 5. The van der Waals surface area contributed by atoms with Crippen molar-refractivity contribution in [3.05, 3.63) is 74.6 Å². The second kappa shape index (κ2) is 6.97. The van der Waals surface area contributed by atoms with E-state index in [1.165, 1.54) is 19.7 Å². The first-order valence-corrected chi connectivity index (χ1v) is 10.2. The van der Waals surface area contributed by atoms with Crippen molar-refractivity contribution in [1.29, 1.82) is 0 Å². The molecule has 31 heavy (non-hydrogen) atoms. The molecule has 0 atom stereocenters. The van der Waals surface area contributed by atoms with Crippen LogP contribution in [-0.4, -0.2) is 29.5 Å². The van der Waals surface area contributed by atoms with Crippen LogP contribution in [0.2, 0.25) is 0 Å². The van der Waals surface area contributed by atoms with Gasteiger partial charge in [0, 0.05) is 24.2 Å². The molecule has 8 nitrogen and oxygen atoms in total. The highest BCUT2D eigenvalue weighted by molar-refractivity contribution is 5.95. The lowest BCUT2D eigenvalue weighted by molar-refractivity contribution is 0.0969. The lowest BCUT2D eigenvalue weighted by Gasteiger charge is -2.15. The quantitative estimate of drug-likeness (QED) is 0.462. The summed E-state index contributed by atoms with van der Waals surface area (Å²) in [5, 5.41) is 4.66. The Balaban J connectivity index is 1.79. The Kier molecular flexibility index (Phi) is 4.35. The summed E-state index contributed by atoms with van der Waals surface area (Å²) < 4.78 is 17.5. The number of ketones is 1. The van der Waals surface area contributed by atoms with E-state index >= 15 is 0 Å². The number of fused-ring (bicyclic) bond motifs is 2. The maximum absolute atomic E-state index is 13.3. The average Bonchev–Trinajstić information content (AvgIpc) is 3.49. The standard InChI is InChI=1S/C22H20FN5O3/c1-12(2)26-8-7-15-20(22(26)31)27(11-18(29)16-6-5-14(23)10-24-16)19-9-17(13-3-4-13)25-28(19)21(15)30/h5-10,12-13H,3-4,11H2,1-2H3. The number of hydrogen-bond donors (Lipinski definition) is 0. The van der Waals surface area contributed by atoms with Gasteiger partial charge in [-0.05, 0) is 44.9 Å². The van der Waals surface area contributed by atoms with Crippen molar-refractivity contribution in [3.8, 4) is 0 Å². The number of rotatable bonds is 5. The molecule has 158 valence electrons. The summed E-state index contributed by atoms with van der Waals surface area (Å²) in [6.45, 7) is 3.50. The van der Waals surface area contributed by atoms with E-state index in [0.717, 1.165) is 30.8 Å². The predicted molar refractivity (Wildman–Crippen MR) is 112 cm³/mol. The fourth-order valence-corrected chi connectivity index (χ4v) is 3.84. The molecule has 0 aliphatic heterocycles. The van der Waals surface area contributed by atoms with Crippen molar-refractivity contribution in [3.63, 3.8) is 0 Å². The van der Waals surface area contributed by atoms with Gasteiger partial charge in [0.15, 0.2) is 0 Å². The molecule has 1 aliphatic rings. The first kappa shape index (κ1) is 19.3. The zero-order valence-electron chi connectivity index (χ0n) is 17.1. The monoisotopic (exact) mass is 421 g/mol. The molecule has 0 aromatic carbocycles. The van der Waals surface area contributed by atoms with E-state index < -0.39 is 17.2 Å². The molecule has 0 radical (unpaired) electrons. The summed E-state index contributed by atoms with van der Waals surface area (Å²) in [6, 6.07) is 5.70. The third-order valence-corrected chi connectivity index (χ3v) is 5.64. The van der Waals surface area contributed by atoms with Gasteiger partial charge < -0.3 is 9.13 Å². The molecule has 5 rings (SSSR count). The number of hydrogen-bond acceptors (Lipinski definition) is 5. The SMILES string of the molecule is CC(C)n1ccc2c(=O)n3nc(C4CC4)cc3n(CC(=O)c3ccc(F)cn3)c2c1=O. The molecule has 4 aromatic rings. The number of Topliss-reactive ketones (excluding diaryl/α,β-unsaturated/α-hetero) is 1. The zero-order valence-corrected chi connectivity index (χ0v) is 17.1. The van der Waals surface area contributed by atoms with Gasteiger partial charge in [0.1, 0.15) is 22.7 Å². The normalized spacial score (nSPS) is 14.1. The molecule has 1 aliphatic carbocycles. The van der Waals surface area contributed by atoms with E-state index in [1.807, 2.05) is 13.8 Å². The van der Waals surface area contributed by atoms with E-state index in [2.05, 4.69) is 10.1 Å². The summed E-state index contributed by atoms with van der Waals surface area (Å²) >= 11 is 0. The fourth-order valence-electron chi connectivity index (χ4n) is 3.84. The Morgan fingerprint density at radius 3 is 2.61 bits per heavy atom. The molecule has 9 heteroatoms. The van der Waals surface area contributed by atoms with Crippen molar-refractivity contribution in [2.45, 2.75) is 45.2 Å². The second-order valence-electron chi connectivity index (χ2n) is 8.17. The van der Waals surface area contributed by atoms with Crippen LogP contribution in [0.15, 0.2) is 46.2 Å². The largest absolute Gasteiger partial charge is 0.313 e. The van der Waals surface area contributed by atoms with Crippen molar-refractivity contribution < 1.29 is 9.18 Å². The molecule has 0 N–H and O–H groups in total. The van der Waals surface area contributed by atoms with E-state index in [0.29, 0.717) is 5.65 Å². The van der Waals surface area contributed by atoms with Crippen molar-refractivity contribution in [2.24, 2.45) is 0 Å². The summed E-state index contributed by atoms with van der Waals surface area (Å²) in [6.07, 6.45) is 4.55. The van der Waals surface area contributed by atoms with Crippen LogP contribution in [0, 0.1) is 5.82 Å². The molecule has 4 aromatic heterocycles. The average molecular weight is 421 g/mol. The molecule has 0 saturated heterocycles. The Hall–Kier alpha value is -3.62. The van der Waals surface area contributed by atoms with Crippen LogP contribution in [0.3, 0.4) is 0 Å². The Morgan fingerprint density at radius 1 is 1.19 bits per heavy atom. The predicted octanol–water partition coefficient (Wildman–Crippen LogP) is 2.69. The smallest absolute Gasteiger partial charge is 0.282 e. The highest BCUT2D eigenvalue weighted by atomic mass is 19.1. The summed E-state index contributed by atoms with van der Waals surface area (Å²) in [5.74, 6) is -0.657. The third-order valence-electron chi connectivity index (χ3n) is 5.64. The van der Waals surface area contributed by atoms with E-state index in [1.54, 1.807) is 18.3 Å². The minimum atomic E-state index is -0.544. The Labute approximate surface area is 175 Å². The number of halogens is 1. The molecule has 0 spiro atoms. The van der Waals surface area contributed by atoms with Crippen LogP contribution in [0.5, 0.6) is 0 Å². The topological polar surface area (TPSA) is 91.3 Å². The maximum atomic E-state index is 13.3. The molecule has 4 heterocycles. The van der Waals surface area contributed by atoms with Crippen LogP contribution in [0.1, 0.15) is 54.8 Å². The third kappa shape index (κ3) is 3.17. The van der Waals surface area contributed by atoms with Gasteiger partial charge in [0.05, 0.1) is 23.8 Å².